The van der Waals surface area contributed by atoms with Crippen LogP contribution in [-0.4, -0.2) is 22.9 Å². The molecule has 0 fully saturated rings. The van der Waals surface area contributed by atoms with Gasteiger partial charge in [0.1, 0.15) is 33.7 Å². The van der Waals surface area contributed by atoms with Crippen molar-refractivity contribution in [2.75, 3.05) is 7.11 Å². The van der Waals surface area contributed by atoms with E-state index >= 15 is 0 Å². The summed E-state index contributed by atoms with van der Waals surface area (Å²) in [4.78, 5) is 13.8. The Bertz CT molecular complexity index is 1460. The Balaban J connectivity index is 1.92. The third-order valence-electron chi connectivity index (χ3n) is 6.24. The van der Waals surface area contributed by atoms with Gasteiger partial charge in [0.15, 0.2) is 11.5 Å². The molecule has 2 heterocycles. The lowest BCUT2D eigenvalue weighted by atomic mass is 9.97. The normalized spacial score (nSPS) is 14.6. The van der Waals surface area contributed by atoms with E-state index in [2.05, 4.69) is 19.9 Å². The first-order valence-corrected chi connectivity index (χ1v) is 11.7. The molecule has 6 nitrogen and oxygen atoms in total. The van der Waals surface area contributed by atoms with E-state index in [1.807, 2.05) is 32.9 Å². The molecule has 35 heavy (non-hydrogen) atoms. The summed E-state index contributed by atoms with van der Waals surface area (Å²) in [6.07, 6.45) is 9.99. The van der Waals surface area contributed by atoms with E-state index < -0.39 is 5.60 Å². The summed E-state index contributed by atoms with van der Waals surface area (Å²) < 4.78 is 17.5. The number of hydrogen-bond acceptors (Lipinski definition) is 6. The zero-order valence-corrected chi connectivity index (χ0v) is 21.1. The second-order valence-corrected chi connectivity index (χ2v) is 9.84. The molecule has 0 bridgehead atoms. The Hall–Kier alpha value is -3.67. The summed E-state index contributed by atoms with van der Waals surface area (Å²) in [6.45, 7) is 9.98. The highest BCUT2D eigenvalue weighted by molar-refractivity contribution is 5.99. The van der Waals surface area contributed by atoms with Crippen LogP contribution in [-0.2, 0) is 6.42 Å². The molecule has 0 spiro atoms. The van der Waals surface area contributed by atoms with Crippen molar-refractivity contribution in [2.45, 2.75) is 59.5 Å². The van der Waals surface area contributed by atoms with Crippen LogP contribution in [0.2, 0.25) is 0 Å². The van der Waals surface area contributed by atoms with E-state index in [-0.39, 0.29) is 44.6 Å². The minimum Gasteiger partial charge on any atom is -0.506 e. The molecule has 184 valence electrons. The molecule has 0 unspecified atom stereocenters. The van der Waals surface area contributed by atoms with Gasteiger partial charge in [-0.05, 0) is 66.0 Å². The predicted octanol–water partition coefficient (Wildman–Crippen LogP) is 6.79. The van der Waals surface area contributed by atoms with Crippen LogP contribution in [0.15, 0.2) is 50.7 Å². The van der Waals surface area contributed by atoms with Gasteiger partial charge in [0.25, 0.3) is 0 Å². The first kappa shape index (κ1) is 24.5. The van der Waals surface area contributed by atoms with Crippen molar-refractivity contribution in [2.24, 2.45) is 0 Å². The molecule has 0 aliphatic carbocycles. The van der Waals surface area contributed by atoms with Gasteiger partial charge in [0, 0.05) is 17.7 Å². The minimum atomic E-state index is -0.557. The lowest BCUT2D eigenvalue weighted by Gasteiger charge is -2.28. The smallest absolute Gasteiger partial charge is 0.204 e. The highest BCUT2D eigenvalue weighted by Gasteiger charge is 2.28. The first-order valence-electron chi connectivity index (χ1n) is 11.7. The molecule has 3 aromatic rings. The van der Waals surface area contributed by atoms with Crippen LogP contribution in [0.5, 0.6) is 23.0 Å². The summed E-state index contributed by atoms with van der Waals surface area (Å²) >= 11 is 0. The zero-order valence-electron chi connectivity index (χ0n) is 21.1. The molecule has 1 aromatic heterocycles. The van der Waals surface area contributed by atoms with Crippen LogP contribution in [0.25, 0.3) is 28.0 Å². The van der Waals surface area contributed by atoms with Gasteiger partial charge < -0.3 is 24.1 Å². The van der Waals surface area contributed by atoms with Crippen LogP contribution >= 0.6 is 0 Å². The third-order valence-corrected chi connectivity index (χ3v) is 6.24. The maximum Gasteiger partial charge on any atom is 0.204 e. The van der Waals surface area contributed by atoms with Gasteiger partial charge in [-0.25, -0.2) is 0 Å². The average molecular weight is 477 g/mol. The molecule has 6 heteroatoms. The lowest BCUT2D eigenvalue weighted by molar-refractivity contribution is 0.158. The summed E-state index contributed by atoms with van der Waals surface area (Å²) in [6, 6.07) is 3.00. The van der Waals surface area contributed by atoms with Crippen LogP contribution in [0, 0.1) is 0 Å². The van der Waals surface area contributed by atoms with Crippen molar-refractivity contribution >= 4 is 28.0 Å². The fourth-order valence-corrected chi connectivity index (χ4v) is 4.42. The van der Waals surface area contributed by atoms with Gasteiger partial charge in [0.05, 0.1) is 18.1 Å². The summed E-state index contributed by atoms with van der Waals surface area (Å²) in [5, 5.41) is 22.0. The topological polar surface area (TPSA) is 89.1 Å². The first-order chi connectivity index (χ1) is 16.5. The summed E-state index contributed by atoms with van der Waals surface area (Å²) in [5.41, 5.74) is 2.85. The predicted molar refractivity (Wildman–Crippen MR) is 140 cm³/mol. The Morgan fingerprint density at radius 2 is 1.80 bits per heavy atom. The fourth-order valence-electron chi connectivity index (χ4n) is 4.42. The second-order valence-electron chi connectivity index (χ2n) is 9.84. The quantitative estimate of drug-likeness (QED) is 0.301. The number of fused-ring (bicyclic) bond motifs is 3. The Morgan fingerprint density at radius 1 is 1.09 bits per heavy atom. The Morgan fingerprint density at radius 3 is 2.49 bits per heavy atom. The van der Waals surface area contributed by atoms with Gasteiger partial charge in [-0.2, -0.15) is 0 Å². The fraction of sp³-hybridized carbons (Fsp3) is 0.345. The number of aromatic hydroxyl groups is 2. The number of rotatable bonds is 6. The molecular formula is C29H32O6. The Kier molecular flexibility index (Phi) is 6.41. The SMILES string of the molecule is COc1c(O)cc2oc3cc4c(c(O)c3c(=O)c2c1CC=C(C)CCC=C(C)C)C=CC(C)(C)O4. The van der Waals surface area contributed by atoms with E-state index in [4.69, 9.17) is 13.9 Å². The molecule has 0 saturated carbocycles. The second kappa shape index (κ2) is 9.17. The molecule has 0 radical (unpaired) electrons. The zero-order chi connectivity index (χ0) is 25.5. The molecular weight excluding hydrogens is 444 g/mol. The van der Waals surface area contributed by atoms with Gasteiger partial charge in [-0.15, -0.1) is 0 Å². The van der Waals surface area contributed by atoms with Crippen LogP contribution in [0.3, 0.4) is 0 Å². The average Bonchev–Trinajstić information content (AvgIpc) is 2.76. The van der Waals surface area contributed by atoms with Crippen molar-refractivity contribution in [1.82, 2.24) is 0 Å². The van der Waals surface area contributed by atoms with Gasteiger partial charge in [-0.3, -0.25) is 4.79 Å². The summed E-state index contributed by atoms with van der Waals surface area (Å²) in [7, 11) is 1.45. The highest BCUT2D eigenvalue weighted by Crippen LogP contribution is 2.43. The van der Waals surface area contributed by atoms with Crippen LogP contribution < -0.4 is 14.9 Å². The molecule has 4 rings (SSSR count). The maximum absolute atomic E-state index is 13.8. The minimum absolute atomic E-state index is 0.0717. The monoisotopic (exact) mass is 476 g/mol. The number of phenols is 2. The summed E-state index contributed by atoms with van der Waals surface area (Å²) in [5.74, 6) is 0.347. The number of hydrogen-bond donors (Lipinski definition) is 2. The molecule has 2 aromatic carbocycles. The van der Waals surface area contributed by atoms with E-state index in [1.165, 1.54) is 18.7 Å². The highest BCUT2D eigenvalue weighted by atomic mass is 16.5. The van der Waals surface area contributed by atoms with Crippen LogP contribution in [0.1, 0.15) is 58.6 Å². The van der Waals surface area contributed by atoms with E-state index in [0.717, 1.165) is 18.4 Å². The van der Waals surface area contributed by atoms with Crippen molar-refractivity contribution in [1.29, 1.82) is 0 Å². The van der Waals surface area contributed by atoms with Crippen molar-refractivity contribution < 1.29 is 24.1 Å². The number of phenolic OH excluding ortho intramolecular Hbond substituents is 2. The van der Waals surface area contributed by atoms with E-state index in [1.54, 1.807) is 12.1 Å². The maximum atomic E-state index is 13.8. The van der Waals surface area contributed by atoms with Crippen LogP contribution in [0.4, 0.5) is 0 Å². The Labute approximate surface area is 204 Å². The molecule has 0 amide bonds. The molecule has 0 saturated heterocycles. The van der Waals surface area contributed by atoms with Gasteiger partial charge in [-0.1, -0.05) is 23.3 Å². The van der Waals surface area contributed by atoms with Crippen molar-refractivity contribution in [3.63, 3.8) is 0 Å². The van der Waals surface area contributed by atoms with Crippen molar-refractivity contribution in [3.8, 4) is 23.0 Å². The number of ether oxygens (including phenoxy) is 2. The standard InChI is InChI=1S/C29H32O6/c1-16(2)8-7-9-17(3)10-11-19-24-22(14-20(30)28(19)33-6)34-23-15-21-18(12-13-29(4,5)35-21)26(31)25(23)27(24)32/h8,10,12-15,30-31H,7,9,11H2,1-6H3. The third kappa shape index (κ3) is 4.65. The number of allylic oxidation sites excluding steroid dienone is 4. The number of benzene rings is 2. The molecule has 0 atom stereocenters. The molecule has 2 N–H and O–H groups in total. The molecule has 1 aliphatic heterocycles. The molecule has 1 aliphatic rings. The lowest BCUT2D eigenvalue weighted by Crippen LogP contribution is -2.27. The van der Waals surface area contributed by atoms with Crippen molar-refractivity contribution in [3.05, 3.63) is 62.9 Å². The number of methoxy groups -OCH3 is 1. The van der Waals surface area contributed by atoms with Gasteiger partial charge >= 0.3 is 0 Å². The van der Waals surface area contributed by atoms with E-state index in [0.29, 0.717) is 23.3 Å². The largest absolute Gasteiger partial charge is 0.506 e. The van der Waals surface area contributed by atoms with Gasteiger partial charge in [0.2, 0.25) is 5.43 Å². The van der Waals surface area contributed by atoms with E-state index in [9.17, 15) is 15.0 Å².